The minimum atomic E-state index is -0.182. The molecule has 1 saturated heterocycles. The molecule has 0 unspecified atom stereocenters. The summed E-state index contributed by atoms with van der Waals surface area (Å²) in [7, 11) is 1.60. The Morgan fingerprint density at radius 2 is 2.00 bits per heavy atom. The summed E-state index contributed by atoms with van der Waals surface area (Å²) in [5.41, 5.74) is 1.25. The molecule has 1 aliphatic rings. The summed E-state index contributed by atoms with van der Waals surface area (Å²) in [6.07, 6.45) is 1.66. The summed E-state index contributed by atoms with van der Waals surface area (Å²) in [6, 6.07) is 1.64. The first-order valence-electron chi connectivity index (χ1n) is 7.16. The molecule has 1 aliphatic heterocycles. The highest BCUT2D eigenvalue weighted by molar-refractivity contribution is 9.10. The molecular formula is C14H16BrN5O3. The molecule has 3 heterocycles. The van der Waals surface area contributed by atoms with E-state index in [1.54, 1.807) is 31.1 Å². The topological polar surface area (TPSA) is 84.5 Å². The van der Waals surface area contributed by atoms with Gasteiger partial charge in [-0.05, 0) is 22.9 Å². The van der Waals surface area contributed by atoms with Gasteiger partial charge in [0.1, 0.15) is 4.47 Å². The molecular weight excluding hydrogens is 366 g/mol. The van der Waals surface area contributed by atoms with Crippen LogP contribution in [0.3, 0.4) is 0 Å². The molecule has 0 atom stereocenters. The number of carbonyl (C=O) groups is 1. The molecule has 0 aromatic carbocycles. The molecule has 0 N–H and O–H groups in total. The van der Waals surface area contributed by atoms with Gasteiger partial charge in [-0.25, -0.2) is 4.68 Å². The standard InChI is InChI=1S/C14H16BrN5O3/c1-9-7-11(23-17-9)13(21)20-5-3-19(4-6-20)10-8-16-18(2)14(22)12(10)15/h7-8H,3-6H2,1-2H3. The highest BCUT2D eigenvalue weighted by Crippen LogP contribution is 2.23. The van der Waals surface area contributed by atoms with Crippen LogP contribution in [-0.2, 0) is 7.05 Å². The fourth-order valence-electron chi connectivity index (χ4n) is 2.49. The number of anilines is 1. The van der Waals surface area contributed by atoms with Crippen LogP contribution in [-0.4, -0.2) is 51.9 Å². The van der Waals surface area contributed by atoms with Crippen molar-refractivity contribution in [3.05, 3.63) is 38.5 Å². The first-order valence-corrected chi connectivity index (χ1v) is 7.96. The van der Waals surface area contributed by atoms with Gasteiger partial charge in [0.05, 0.1) is 17.6 Å². The average Bonchev–Trinajstić information content (AvgIpc) is 2.99. The van der Waals surface area contributed by atoms with Crippen molar-refractivity contribution in [1.82, 2.24) is 19.8 Å². The number of nitrogens with zero attached hydrogens (tertiary/aromatic N) is 5. The third-order valence-corrected chi connectivity index (χ3v) is 4.55. The van der Waals surface area contributed by atoms with E-state index in [9.17, 15) is 9.59 Å². The van der Waals surface area contributed by atoms with Crippen LogP contribution in [0.1, 0.15) is 16.2 Å². The number of aryl methyl sites for hydroxylation is 2. The first-order chi connectivity index (χ1) is 11.0. The summed E-state index contributed by atoms with van der Waals surface area (Å²) < 4.78 is 6.79. The van der Waals surface area contributed by atoms with E-state index in [-0.39, 0.29) is 17.2 Å². The molecule has 122 valence electrons. The smallest absolute Gasteiger partial charge is 0.292 e. The van der Waals surface area contributed by atoms with Crippen LogP contribution in [0.15, 0.2) is 26.1 Å². The van der Waals surface area contributed by atoms with Crippen LogP contribution in [0.4, 0.5) is 5.69 Å². The second-order valence-corrected chi connectivity index (χ2v) is 6.18. The van der Waals surface area contributed by atoms with E-state index in [1.165, 1.54) is 4.68 Å². The quantitative estimate of drug-likeness (QED) is 0.764. The molecule has 1 amide bonds. The highest BCUT2D eigenvalue weighted by Gasteiger charge is 2.26. The lowest BCUT2D eigenvalue weighted by molar-refractivity contribution is 0.0704. The minimum Gasteiger partial charge on any atom is -0.366 e. The Balaban J connectivity index is 1.70. The summed E-state index contributed by atoms with van der Waals surface area (Å²) in [4.78, 5) is 28.0. The Hall–Kier alpha value is -2.16. The van der Waals surface area contributed by atoms with Crippen molar-refractivity contribution in [3.8, 4) is 0 Å². The molecule has 2 aromatic heterocycles. The van der Waals surface area contributed by atoms with Crippen LogP contribution < -0.4 is 10.5 Å². The number of carbonyl (C=O) groups excluding carboxylic acids is 1. The van der Waals surface area contributed by atoms with Gasteiger partial charge in [-0.3, -0.25) is 9.59 Å². The lowest BCUT2D eigenvalue weighted by atomic mass is 10.2. The monoisotopic (exact) mass is 381 g/mol. The molecule has 8 nitrogen and oxygen atoms in total. The number of aromatic nitrogens is 3. The van der Waals surface area contributed by atoms with Crippen molar-refractivity contribution < 1.29 is 9.32 Å². The predicted molar refractivity (Wildman–Crippen MR) is 86.5 cm³/mol. The number of amides is 1. The number of halogens is 1. The van der Waals surface area contributed by atoms with Crippen molar-refractivity contribution in [2.45, 2.75) is 6.92 Å². The van der Waals surface area contributed by atoms with Gasteiger partial charge >= 0.3 is 0 Å². The van der Waals surface area contributed by atoms with Gasteiger partial charge in [0.2, 0.25) is 5.76 Å². The van der Waals surface area contributed by atoms with Gasteiger partial charge in [-0.1, -0.05) is 5.16 Å². The van der Waals surface area contributed by atoms with Crippen molar-refractivity contribution in [2.75, 3.05) is 31.1 Å². The fraction of sp³-hybridized carbons (Fsp3) is 0.429. The summed E-state index contributed by atoms with van der Waals surface area (Å²) in [5.74, 6) is 0.0961. The minimum absolute atomic E-state index is 0.161. The van der Waals surface area contributed by atoms with E-state index >= 15 is 0 Å². The molecule has 2 aromatic rings. The van der Waals surface area contributed by atoms with Crippen LogP contribution >= 0.6 is 15.9 Å². The lowest BCUT2D eigenvalue weighted by Crippen LogP contribution is -2.49. The Morgan fingerprint density at radius 3 is 2.61 bits per heavy atom. The third kappa shape index (κ3) is 3.00. The second kappa shape index (κ2) is 6.15. The lowest BCUT2D eigenvalue weighted by Gasteiger charge is -2.35. The maximum Gasteiger partial charge on any atom is 0.292 e. The normalized spacial score (nSPS) is 15.1. The first kappa shape index (κ1) is 15.7. The number of piperazine rings is 1. The van der Waals surface area contributed by atoms with Gasteiger partial charge in [-0.2, -0.15) is 5.10 Å². The second-order valence-electron chi connectivity index (χ2n) is 5.38. The molecule has 0 aliphatic carbocycles. The van der Waals surface area contributed by atoms with Gasteiger partial charge in [0.15, 0.2) is 0 Å². The summed E-state index contributed by atoms with van der Waals surface area (Å²) in [5, 5.41) is 7.79. The molecule has 3 rings (SSSR count). The SMILES string of the molecule is Cc1cc(C(=O)N2CCN(c3cnn(C)c(=O)c3Br)CC2)on1. The Labute approximate surface area is 140 Å². The molecule has 0 radical (unpaired) electrons. The maximum atomic E-state index is 12.3. The average molecular weight is 382 g/mol. The van der Waals surface area contributed by atoms with Crippen molar-refractivity contribution in [1.29, 1.82) is 0 Å². The predicted octanol–water partition coefficient (Wildman–Crippen LogP) is 0.802. The number of hydrogen-bond acceptors (Lipinski definition) is 6. The van der Waals surface area contributed by atoms with Crippen LogP contribution in [0.2, 0.25) is 0 Å². The van der Waals surface area contributed by atoms with Crippen LogP contribution in [0.25, 0.3) is 0 Å². The van der Waals surface area contributed by atoms with Gasteiger partial charge in [0.25, 0.3) is 11.5 Å². The molecule has 0 bridgehead atoms. The number of rotatable bonds is 2. The van der Waals surface area contributed by atoms with Crippen LogP contribution in [0, 0.1) is 6.92 Å². The van der Waals surface area contributed by atoms with E-state index in [0.29, 0.717) is 36.3 Å². The van der Waals surface area contributed by atoms with Gasteiger partial charge in [0, 0.05) is 39.3 Å². The summed E-state index contributed by atoms with van der Waals surface area (Å²) >= 11 is 3.33. The molecule has 1 fully saturated rings. The van der Waals surface area contributed by atoms with E-state index in [1.807, 2.05) is 4.90 Å². The van der Waals surface area contributed by atoms with Crippen molar-refractivity contribution >= 4 is 27.5 Å². The van der Waals surface area contributed by atoms with Crippen molar-refractivity contribution in [3.63, 3.8) is 0 Å². The van der Waals surface area contributed by atoms with Gasteiger partial charge < -0.3 is 14.3 Å². The zero-order valence-electron chi connectivity index (χ0n) is 12.8. The van der Waals surface area contributed by atoms with E-state index in [0.717, 1.165) is 5.69 Å². The Kier molecular flexibility index (Phi) is 4.20. The number of hydrogen-bond donors (Lipinski definition) is 0. The highest BCUT2D eigenvalue weighted by atomic mass is 79.9. The van der Waals surface area contributed by atoms with E-state index in [4.69, 9.17) is 4.52 Å². The molecule has 9 heteroatoms. The van der Waals surface area contributed by atoms with Gasteiger partial charge in [-0.15, -0.1) is 0 Å². The van der Waals surface area contributed by atoms with E-state index in [2.05, 4.69) is 26.2 Å². The third-order valence-electron chi connectivity index (χ3n) is 3.81. The fourth-order valence-corrected chi connectivity index (χ4v) is 3.10. The summed E-state index contributed by atoms with van der Waals surface area (Å²) in [6.45, 7) is 4.09. The molecule has 0 saturated carbocycles. The molecule has 0 spiro atoms. The zero-order chi connectivity index (χ0) is 16.6. The Bertz CT molecular complexity index is 792. The zero-order valence-corrected chi connectivity index (χ0v) is 14.4. The van der Waals surface area contributed by atoms with E-state index < -0.39 is 0 Å². The largest absolute Gasteiger partial charge is 0.366 e. The van der Waals surface area contributed by atoms with Crippen LogP contribution in [0.5, 0.6) is 0 Å². The van der Waals surface area contributed by atoms with Crippen molar-refractivity contribution in [2.24, 2.45) is 7.05 Å². The molecule has 23 heavy (non-hydrogen) atoms. The maximum absolute atomic E-state index is 12.3. The Morgan fingerprint density at radius 1 is 1.30 bits per heavy atom.